The van der Waals surface area contributed by atoms with Crippen molar-refractivity contribution >= 4 is 12.6 Å². The smallest absolute Gasteiger partial charge is 0.226 e. The van der Waals surface area contributed by atoms with Gasteiger partial charge in [-0.2, -0.15) is 12.6 Å². The third-order valence-corrected chi connectivity index (χ3v) is 5.58. The van der Waals surface area contributed by atoms with Gasteiger partial charge in [0.2, 0.25) is 5.89 Å². The molecular weight excluding hydrogens is 382 g/mol. The van der Waals surface area contributed by atoms with Gasteiger partial charge in [-0.1, -0.05) is 37.3 Å². The van der Waals surface area contributed by atoms with Gasteiger partial charge in [0.15, 0.2) is 0 Å². The highest BCUT2D eigenvalue weighted by atomic mass is 32.1. The van der Waals surface area contributed by atoms with Gasteiger partial charge in [-0.05, 0) is 56.5 Å². The number of aryl methyl sites for hydroxylation is 1. The molecule has 2 aromatic carbocycles. The first-order chi connectivity index (χ1) is 14.1. The molecule has 2 atom stereocenters. The van der Waals surface area contributed by atoms with E-state index >= 15 is 0 Å². The summed E-state index contributed by atoms with van der Waals surface area (Å²) in [6.07, 6.45) is 1.95. The predicted molar refractivity (Wildman–Crippen MR) is 120 cm³/mol. The molecule has 3 aromatic rings. The molecule has 0 aliphatic carbocycles. The number of rotatable bonds is 10. The molecule has 29 heavy (non-hydrogen) atoms. The maximum atomic E-state index is 5.93. The summed E-state index contributed by atoms with van der Waals surface area (Å²) in [5, 5.41) is 0.236. The summed E-state index contributed by atoms with van der Waals surface area (Å²) in [6.45, 7) is 7.14. The molecule has 4 nitrogen and oxygen atoms in total. The third-order valence-electron chi connectivity index (χ3n) is 4.88. The fourth-order valence-corrected chi connectivity index (χ4v) is 3.35. The van der Waals surface area contributed by atoms with E-state index in [9.17, 15) is 0 Å². The van der Waals surface area contributed by atoms with Crippen molar-refractivity contribution in [2.75, 3.05) is 6.61 Å². The van der Waals surface area contributed by atoms with Crippen LogP contribution < -0.4 is 4.74 Å². The zero-order valence-electron chi connectivity index (χ0n) is 17.3. The molecule has 0 spiro atoms. The Hall–Kier alpha value is -2.24. The van der Waals surface area contributed by atoms with Gasteiger partial charge in [-0.15, -0.1) is 0 Å². The molecular formula is C24H29NO3S. The van der Waals surface area contributed by atoms with Crippen LogP contribution in [0.25, 0.3) is 11.5 Å². The first kappa shape index (κ1) is 21.5. The highest BCUT2D eigenvalue weighted by molar-refractivity contribution is 7.81. The maximum absolute atomic E-state index is 5.93. The third kappa shape index (κ3) is 5.87. The summed E-state index contributed by atoms with van der Waals surface area (Å²) >= 11 is 4.66. The average molecular weight is 412 g/mol. The molecule has 1 unspecified atom stereocenters. The lowest BCUT2D eigenvalue weighted by Gasteiger charge is -2.22. The zero-order chi connectivity index (χ0) is 20.6. The van der Waals surface area contributed by atoms with Crippen LogP contribution in [0.4, 0.5) is 0 Å². The standard InChI is InChI=1S/C24H29NO3S/c1-4-23(29)22(26-5-2)15-18-11-13-20(14-12-18)27-16-21-17(3)28-24(25-21)19-9-7-6-8-10-19/h6-14,22-23,29H,4-5,15-16H2,1-3H3/t22-,23?/m0/s1. The molecule has 0 aliphatic rings. The Bertz CT molecular complexity index is 877. The molecule has 0 fully saturated rings. The van der Waals surface area contributed by atoms with Crippen LogP contribution in [-0.4, -0.2) is 22.9 Å². The van der Waals surface area contributed by atoms with Crippen molar-refractivity contribution in [2.45, 2.75) is 51.6 Å². The Balaban J connectivity index is 1.60. The Labute approximate surface area is 178 Å². The van der Waals surface area contributed by atoms with Crippen LogP contribution in [0.15, 0.2) is 59.0 Å². The highest BCUT2D eigenvalue weighted by Gasteiger charge is 2.17. The van der Waals surface area contributed by atoms with Crippen molar-refractivity contribution in [3.8, 4) is 17.2 Å². The van der Waals surface area contributed by atoms with Gasteiger partial charge in [-0.25, -0.2) is 4.98 Å². The van der Waals surface area contributed by atoms with Crippen LogP contribution in [0.1, 0.15) is 37.3 Å². The Kier molecular flexibility index (Phi) is 7.78. The molecule has 0 radical (unpaired) electrons. The molecule has 0 saturated heterocycles. The van der Waals surface area contributed by atoms with E-state index in [2.05, 4.69) is 36.7 Å². The van der Waals surface area contributed by atoms with E-state index in [-0.39, 0.29) is 11.4 Å². The molecule has 0 aliphatic heterocycles. The predicted octanol–water partition coefficient (Wildman–Crippen LogP) is 5.89. The van der Waals surface area contributed by atoms with Gasteiger partial charge in [0.1, 0.15) is 23.8 Å². The van der Waals surface area contributed by atoms with E-state index in [1.807, 2.05) is 56.3 Å². The summed E-state index contributed by atoms with van der Waals surface area (Å²) < 4.78 is 17.6. The second kappa shape index (κ2) is 10.5. The van der Waals surface area contributed by atoms with Crippen LogP contribution >= 0.6 is 12.6 Å². The van der Waals surface area contributed by atoms with Crippen LogP contribution in [0.5, 0.6) is 5.75 Å². The Morgan fingerprint density at radius 1 is 1.03 bits per heavy atom. The molecule has 3 rings (SSSR count). The first-order valence-electron chi connectivity index (χ1n) is 10.1. The number of ether oxygens (including phenoxy) is 2. The lowest BCUT2D eigenvalue weighted by Crippen LogP contribution is -2.26. The van der Waals surface area contributed by atoms with Crippen molar-refractivity contribution in [1.29, 1.82) is 0 Å². The van der Waals surface area contributed by atoms with Crippen molar-refractivity contribution in [1.82, 2.24) is 4.98 Å². The molecule has 1 heterocycles. The van der Waals surface area contributed by atoms with Gasteiger partial charge >= 0.3 is 0 Å². The summed E-state index contributed by atoms with van der Waals surface area (Å²) in [5.41, 5.74) is 2.99. The second-order valence-electron chi connectivity index (χ2n) is 6.99. The lowest BCUT2D eigenvalue weighted by molar-refractivity contribution is 0.0613. The summed E-state index contributed by atoms with van der Waals surface area (Å²) in [6, 6.07) is 18.0. The minimum Gasteiger partial charge on any atom is -0.487 e. The average Bonchev–Trinajstić information content (AvgIpc) is 3.13. The molecule has 0 bridgehead atoms. The summed E-state index contributed by atoms with van der Waals surface area (Å²) in [5.74, 6) is 2.21. The van der Waals surface area contributed by atoms with Crippen LogP contribution in [0.3, 0.4) is 0 Å². The van der Waals surface area contributed by atoms with E-state index < -0.39 is 0 Å². The number of oxazole rings is 1. The normalized spacial score (nSPS) is 13.2. The number of hydrogen-bond donors (Lipinski definition) is 1. The fourth-order valence-electron chi connectivity index (χ4n) is 3.15. The largest absolute Gasteiger partial charge is 0.487 e. The number of benzene rings is 2. The SMILES string of the molecule is CCO[C@@H](Cc1ccc(OCc2nc(-c3ccccc3)oc2C)cc1)C(S)CC. The monoisotopic (exact) mass is 411 g/mol. The zero-order valence-corrected chi connectivity index (χ0v) is 18.2. The van der Waals surface area contributed by atoms with Crippen LogP contribution in [0, 0.1) is 6.92 Å². The van der Waals surface area contributed by atoms with Crippen molar-refractivity contribution in [3.63, 3.8) is 0 Å². The molecule has 154 valence electrons. The lowest BCUT2D eigenvalue weighted by atomic mass is 10.0. The van der Waals surface area contributed by atoms with E-state index in [1.165, 1.54) is 5.56 Å². The Morgan fingerprint density at radius 3 is 2.41 bits per heavy atom. The van der Waals surface area contributed by atoms with E-state index in [1.54, 1.807) is 0 Å². The second-order valence-corrected chi connectivity index (χ2v) is 7.66. The number of thiol groups is 1. The van der Waals surface area contributed by atoms with Crippen molar-refractivity contribution in [2.24, 2.45) is 0 Å². The van der Waals surface area contributed by atoms with Gasteiger partial charge in [0, 0.05) is 17.4 Å². The van der Waals surface area contributed by atoms with E-state index in [0.29, 0.717) is 19.1 Å². The number of hydrogen-bond acceptors (Lipinski definition) is 5. The minimum atomic E-state index is 0.120. The Morgan fingerprint density at radius 2 is 1.76 bits per heavy atom. The van der Waals surface area contributed by atoms with E-state index in [0.717, 1.165) is 35.6 Å². The number of aromatic nitrogens is 1. The van der Waals surface area contributed by atoms with Gasteiger partial charge in [-0.3, -0.25) is 0 Å². The molecule has 1 aromatic heterocycles. The highest BCUT2D eigenvalue weighted by Crippen LogP contribution is 2.23. The van der Waals surface area contributed by atoms with Crippen molar-refractivity contribution in [3.05, 3.63) is 71.6 Å². The quantitative estimate of drug-likeness (QED) is 0.423. The maximum Gasteiger partial charge on any atom is 0.226 e. The van der Waals surface area contributed by atoms with Gasteiger partial charge < -0.3 is 13.9 Å². The van der Waals surface area contributed by atoms with E-state index in [4.69, 9.17) is 13.9 Å². The van der Waals surface area contributed by atoms with Gasteiger partial charge in [0.05, 0.1) is 6.10 Å². The van der Waals surface area contributed by atoms with Gasteiger partial charge in [0.25, 0.3) is 0 Å². The topological polar surface area (TPSA) is 44.5 Å². The van der Waals surface area contributed by atoms with Crippen LogP contribution in [0.2, 0.25) is 0 Å². The fraction of sp³-hybridized carbons (Fsp3) is 0.375. The first-order valence-corrected chi connectivity index (χ1v) is 10.7. The van der Waals surface area contributed by atoms with Crippen LogP contribution in [-0.2, 0) is 17.8 Å². The van der Waals surface area contributed by atoms with Crippen molar-refractivity contribution < 1.29 is 13.9 Å². The summed E-state index contributed by atoms with van der Waals surface area (Å²) in [4.78, 5) is 4.58. The molecule has 5 heteroatoms. The molecule has 0 amide bonds. The minimum absolute atomic E-state index is 0.120. The number of nitrogens with zero attached hydrogens (tertiary/aromatic N) is 1. The molecule has 0 saturated carbocycles. The molecule has 0 N–H and O–H groups in total. The summed E-state index contributed by atoms with van der Waals surface area (Å²) in [7, 11) is 0.